The maximum Gasteiger partial charge on any atom is 0.271 e. The molecule has 0 saturated carbocycles. The molecule has 0 saturated heterocycles. The summed E-state index contributed by atoms with van der Waals surface area (Å²) in [6, 6.07) is 12.0. The zero-order chi connectivity index (χ0) is 16.8. The second-order valence-corrected chi connectivity index (χ2v) is 5.76. The first kappa shape index (κ1) is 14.2. The molecule has 0 unspecified atom stereocenters. The van der Waals surface area contributed by atoms with Gasteiger partial charge in [0.05, 0.1) is 5.69 Å². The molecule has 6 nitrogen and oxygen atoms in total. The van der Waals surface area contributed by atoms with Crippen LogP contribution in [0.3, 0.4) is 0 Å². The Hall–Kier alpha value is -3.41. The second kappa shape index (κ2) is 5.06. The topological polar surface area (TPSA) is 111 Å². The summed E-state index contributed by atoms with van der Waals surface area (Å²) in [6.07, 6.45) is 1.90. The number of carbonyl (C=O) groups is 1. The number of aromatic amines is 1. The van der Waals surface area contributed by atoms with Crippen LogP contribution in [0, 0.1) is 6.92 Å². The minimum Gasteiger partial charge on any atom is -0.396 e. The van der Waals surface area contributed by atoms with E-state index in [0.717, 1.165) is 27.6 Å². The quantitative estimate of drug-likeness (QED) is 0.528. The summed E-state index contributed by atoms with van der Waals surface area (Å²) >= 11 is 0. The van der Waals surface area contributed by atoms with Crippen LogP contribution in [0.15, 0.2) is 42.6 Å². The van der Waals surface area contributed by atoms with Gasteiger partial charge in [0.25, 0.3) is 5.91 Å². The molecule has 0 bridgehead atoms. The number of anilines is 1. The van der Waals surface area contributed by atoms with Gasteiger partial charge < -0.3 is 16.5 Å². The van der Waals surface area contributed by atoms with Crippen LogP contribution < -0.4 is 11.5 Å². The van der Waals surface area contributed by atoms with Crippen LogP contribution in [0.2, 0.25) is 0 Å². The summed E-state index contributed by atoms with van der Waals surface area (Å²) in [5, 5.41) is 9.94. The number of aromatic nitrogens is 3. The number of hydrogen-bond donors (Lipinski definition) is 3. The molecule has 0 fully saturated rings. The molecule has 118 valence electrons. The van der Waals surface area contributed by atoms with E-state index in [4.69, 9.17) is 11.5 Å². The fraction of sp³-hybridized carbons (Fsp3) is 0.0556. The summed E-state index contributed by atoms with van der Waals surface area (Å²) in [5.74, 6) is -0.683. The maximum absolute atomic E-state index is 11.4. The van der Waals surface area contributed by atoms with Crippen LogP contribution in [-0.4, -0.2) is 21.1 Å². The van der Waals surface area contributed by atoms with E-state index in [1.807, 2.05) is 43.5 Å². The van der Waals surface area contributed by atoms with Crippen LogP contribution in [0.1, 0.15) is 16.1 Å². The maximum atomic E-state index is 11.4. The highest BCUT2D eigenvalue weighted by molar-refractivity contribution is 6.08. The molecule has 0 atom stereocenters. The Bertz CT molecular complexity index is 1110. The van der Waals surface area contributed by atoms with Crippen molar-refractivity contribution in [2.45, 2.75) is 6.92 Å². The fourth-order valence-corrected chi connectivity index (χ4v) is 3.05. The van der Waals surface area contributed by atoms with Crippen LogP contribution in [0.4, 0.5) is 5.69 Å². The molecule has 2 heterocycles. The van der Waals surface area contributed by atoms with Crippen molar-refractivity contribution in [2.75, 3.05) is 5.73 Å². The van der Waals surface area contributed by atoms with Crippen LogP contribution >= 0.6 is 0 Å². The normalized spacial score (nSPS) is 11.2. The van der Waals surface area contributed by atoms with E-state index < -0.39 is 5.91 Å². The summed E-state index contributed by atoms with van der Waals surface area (Å²) in [6.45, 7) is 2.01. The number of nitrogens with two attached hydrogens (primary N) is 2. The zero-order valence-corrected chi connectivity index (χ0v) is 13.0. The van der Waals surface area contributed by atoms with E-state index in [1.54, 1.807) is 0 Å². The predicted molar refractivity (Wildman–Crippen MR) is 94.5 cm³/mol. The number of primary amides is 1. The van der Waals surface area contributed by atoms with Crippen molar-refractivity contribution in [1.82, 2.24) is 15.2 Å². The van der Waals surface area contributed by atoms with Crippen LogP contribution in [0.5, 0.6) is 0 Å². The van der Waals surface area contributed by atoms with Gasteiger partial charge in [-0.3, -0.25) is 4.79 Å². The van der Waals surface area contributed by atoms with E-state index in [1.165, 1.54) is 0 Å². The van der Waals surface area contributed by atoms with Gasteiger partial charge in [0.2, 0.25) is 0 Å². The molecule has 2 aromatic heterocycles. The molecular formula is C18H15N5O. The third kappa shape index (κ3) is 2.00. The predicted octanol–water partition coefficient (Wildman–Crippen LogP) is 2.77. The third-order valence-corrected chi connectivity index (χ3v) is 4.26. The Balaban J connectivity index is 2.05. The Morgan fingerprint density at radius 3 is 2.75 bits per heavy atom. The highest BCUT2D eigenvalue weighted by Crippen LogP contribution is 2.34. The smallest absolute Gasteiger partial charge is 0.271 e. The Labute approximate surface area is 137 Å². The molecule has 4 rings (SSSR count). The minimum atomic E-state index is -0.683. The van der Waals surface area contributed by atoms with E-state index in [-0.39, 0.29) is 11.4 Å². The first-order valence-corrected chi connectivity index (χ1v) is 7.49. The van der Waals surface area contributed by atoms with E-state index in [2.05, 4.69) is 21.2 Å². The number of nitrogen functional groups attached to an aromatic ring is 1. The largest absolute Gasteiger partial charge is 0.396 e. The van der Waals surface area contributed by atoms with Gasteiger partial charge in [-0.25, -0.2) is 0 Å². The Morgan fingerprint density at radius 1 is 1.12 bits per heavy atom. The number of amides is 1. The molecule has 0 aliphatic rings. The molecule has 24 heavy (non-hydrogen) atoms. The summed E-state index contributed by atoms with van der Waals surface area (Å²) < 4.78 is 0. The van der Waals surface area contributed by atoms with Gasteiger partial charge in [-0.1, -0.05) is 18.2 Å². The summed E-state index contributed by atoms with van der Waals surface area (Å²) in [7, 11) is 0. The van der Waals surface area contributed by atoms with Gasteiger partial charge in [0.15, 0.2) is 5.69 Å². The SMILES string of the molecule is Cc1ccc2c(N)c(C(N)=O)nnc2c1-c1ccc2[nH]ccc2c1. The molecule has 2 aromatic carbocycles. The molecule has 0 radical (unpaired) electrons. The number of aryl methyl sites for hydroxylation is 1. The minimum absolute atomic E-state index is 0.00149. The molecule has 0 aliphatic carbocycles. The average Bonchev–Trinajstić information content (AvgIpc) is 3.02. The van der Waals surface area contributed by atoms with Crippen molar-refractivity contribution in [1.29, 1.82) is 0 Å². The van der Waals surface area contributed by atoms with Gasteiger partial charge in [-0.05, 0) is 41.6 Å². The average molecular weight is 317 g/mol. The lowest BCUT2D eigenvalue weighted by molar-refractivity contribution is 0.0996. The van der Waals surface area contributed by atoms with Gasteiger partial charge in [-0.15, -0.1) is 10.2 Å². The van der Waals surface area contributed by atoms with Crippen LogP contribution in [0.25, 0.3) is 32.9 Å². The number of benzene rings is 2. The Morgan fingerprint density at radius 2 is 1.96 bits per heavy atom. The van der Waals surface area contributed by atoms with E-state index in [0.29, 0.717) is 10.9 Å². The first-order valence-electron chi connectivity index (χ1n) is 7.49. The van der Waals surface area contributed by atoms with Gasteiger partial charge in [-0.2, -0.15) is 0 Å². The highest BCUT2D eigenvalue weighted by atomic mass is 16.1. The highest BCUT2D eigenvalue weighted by Gasteiger charge is 2.16. The van der Waals surface area contributed by atoms with E-state index >= 15 is 0 Å². The standard InChI is InChI=1S/C18H15N5O/c1-9-2-4-12-15(19)17(18(20)24)23-22-16(12)14(9)11-3-5-13-10(8-11)6-7-21-13/h2-8,21H,1H3,(H2,19,22)(H2,20,24). The third-order valence-electron chi connectivity index (χ3n) is 4.26. The molecule has 4 aromatic rings. The number of nitrogens with zero attached hydrogens (tertiary/aromatic N) is 2. The van der Waals surface area contributed by atoms with Crippen molar-refractivity contribution < 1.29 is 4.79 Å². The monoisotopic (exact) mass is 317 g/mol. The van der Waals surface area contributed by atoms with Crippen LogP contribution in [-0.2, 0) is 0 Å². The number of fused-ring (bicyclic) bond motifs is 2. The molecule has 6 heteroatoms. The van der Waals surface area contributed by atoms with E-state index in [9.17, 15) is 4.79 Å². The second-order valence-electron chi connectivity index (χ2n) is 5.76. The van der Waals surface area contributed by atoms with Crippen molar-refractivity contribution in [3.63, 3.8) is 0 Å². The fourth-order valence-electron chi connectivity index (χ4n) is 3.05. The number of hydrogen-bond acceptors (Lipinski definition) is 4. The lowest BCUT2D eigenvalue weighted by Crippen LogP contribution is -2.16. The number of H-pyrrole nitrogens is 1. The van der Waals surface area contributed by atoms with Crippen molar-refractivity contribution in [3.8, 4) is 11.1 Å². The van der Waals surface area contributed by atoms with Crippen molar-refractivity contribution in [2.24, 2.45) is 5.73 Å². The van der Waals surface area contributed by atoms with Gasteiger partial charge in [0.1, 0.15) is 5.52 Å². The number of rotatable bonds is 2. The Kier molecular flexibility index (Phi) is 2.99. The molecule has 5 N–H and O–H groups in total. The molecule has 0 aliphatic heterocycles. The lowest BCUT2D eigenvalue weighted by Gasteiger charge is -2.12. The molecule has 0 spiro atoms. The summed E-state index contributed by atoms with van der Waals surface area (Å²) in [4.78, 5) is 14.6. The first-order chi connectivity index (χ1) is 11.6. The van der Waals surface area contributed by atoms with Crippen molar-refractivity contribution in [3.05, 3.63) is 53.9 Å². The van der Waals surface area contributed by atoms with Gasteiger partial charge >= 0.3 is 0 Å². The molecule has 1 amide bonds. The summed E-state index contributed by atoms with van der Waals surface area (Å²) in [5.41, 5.74) is 16.4. The van der Waals surface area contributed by atoms with Gasteiger partial charge in [0, 0.05) is 22.7 Å². The number of carbonyl (C=O) groups excluding carboxylic acids is 1. The zero-order valence-electron chi connectivity index (χ0n) is 13.0. The number of nitrogens with one attached hydrogen (secondary N) is 1. The lowest BCUT2D eigenvalue weighted by atomic mass is 9.95. The molecular weight excluding hydrogens is 302 g/mol. The van der Waals surface area contributed by atoms with Crippen molar-refractivity contribution >= 4 is 33.4 Å².